The van der Waals surface area contributed by atoms with Gasteiger partial charge < -0.3 is 0 Å². The molecule has 0 spiro atoms. The molecule has 0 bridgehead atoms. The molecule has 0 saturated heterocycles. The predicted molar refractivity (Wildman–Crippen MR) is 65.0 cm³/mol. The van der Waals surface area contributed by atoms with Crippen molar-refractivity contribution in [3.05, 3.63) is 17.0 Å². The van der Waals surface area contributed by atoms with E-state index in [9.17, 15) is 4.79 Å². The van der Waals surface area contributed by atoms with Gasteiger partial charge in [-0.05, 0) is 19.1 Å². The first-order chi connectivity index (χ1) is 6.50. The topological polar surface area (TPSA) is 17.1 Å². The summed E-state index contributed by atoms with van der Waals surface area (Å²) in [5.41, 5.74) is 0. The average Bonchev–Trinajstić information content (AvgIpc) is 2.50. The number of ketones is 1. The van der Waals surface area contributed by atoms with E-state index < -0.39 is 5.38 Å². The number of thiophene rings is 1. The Labute approximate surface area is 97.8 Å². The molecule has 1 atom stereocenters. The molecule has 1 aromatic heterocycles. The summed E-state index contributed by atoms with van der Waals surface area (Å²) in [7, 11) is 0. The molecule has 0 N–H and O–H groups in total. The zero-order valence-electron chi connectivity index (χ0n) is 8.41. The Morgan fingerprint density at radius 3 is 2.57 bits per heavy atom. The normalized spacial score (nSPS) is 13.2. The highest BCUT2D eigenvalue weighted by Gasteiger charge is 2.14. The molecule has 0 aliphatic carbocycles. The molecule has 1 rings (SSSR count). The van der Waals surface area contributed by atoms with E-state index in [1.165, 1.54) is 15.5 Å². The third-order valence-corrected chi connectivity index (χ3v) is 4.01. The second kappa shape index (κ2) is 5.19. The maximum atomic E-state index is 11.5. The number of hydrogen-bond donors (Lipinski definition) is 0. The second-order valence-electron chi connectivity index (χ2n) is 3.27. The van der Waals surface area contributed by atoms with Gasteiger partial charge in [-0.25, -0.2) is 0 Å². The van der Waals surface area contributed by atoms with Crippen molar-refractivity contribution in [2.45, 2.75) is 35.6 Å². The van der Waals surface area contributed by atoms with Crippen LogP contribution in [0.4, 0.5) is 0 Å². The molecule has 0 aromatic carbocycles. The second-order valence-corrected chi connectivity index (χ2v) is 6.88. The van der Waals surface area contributed by atoms with E-state index >= 15 is 0 Å². The summed E-state index contributed by atoms with van der Waals surface area (Å²) in [6.45, 7) is 5.98. The van der Waals surface area contributed by atoms with Crippen LogP contribution in [0.25, 0.3) is 0 Å². The van der Waals surface area contributed by atoms with Gasteiger partial charge in [-0.15, -0.1) is 34.7 Å². The molecule has 0 saturated carbocycles. The van der Waals surface area contributed by atoms with Crippen molar-refractivity contribution >= 4 is 40.5 Å². The van der Waals surface area contributed by atoms with E-state index in [1.54, 1.807) is 18.7 Å². The number of hydrogen-bond acceptors (Lipinski definition) is 3. The minimum atomic E-state index is -0.425. The van der Waals surface area contributed by atoms with Gasteiger partial charge in [-0.1, -0.05) is 13.8 Å². The fourth-order valence-corrected chi connectivity index (χ4v) is 3.54. The van der Waals surface area contributed by atoms with Gasteiger partial charge in [-0.3, -0.25) is 4.79 Å². The van der Waals surface area contributed by atoms with Gasteiger partial charge in [-0.2, -0.15) is 0 Å². The summed E-state index contributed by atoms with van der Waals surface area (Å²) >= 11 is 9.03. The molecule has 0 aliphatic heterocycles. The molecule has 1 heterocycles. The molecule has 78 valence electrons. The van der Waals surface area contributed by atoms with Crippen LogP contribution in [0.1, 0.15) is 30.4 Å². The van der Waals surface area contributed by atoms with Crippen molar-refractivity contribution in [1.29, 1.82) is 0 Å². The fraction of sp³-hybridized carbons (Fsp3) is 0.500. The number of carbonyl (C=O) groups is 1. The molecule has 0 aliphatic rings. The third kappa shape index (κ3) is 3.30. The lowest BCUT2D eigenvalue weighted by Gasteiger charge is -2.00. The molecule has 4 heteroatoms. The van der Waals surface area contributed by atoms with Crippen molar-refractivity contribution in [2.24, 2.45) is 0 Å². The number of rotatable bonds is 4. The summed E-state index contributed by atoms with van der Waals surface area (Å²) in [4.78, 5) is 12.3. The zero-order chi connectivity index (χ0) is 10.7. The first kappa shape index (κ1) is 12.1. The molecular formula is C10H13ClOS2. The van der Waals surface area contributed by atoms with Crippen molar-refractivity contribution in [3.8, 4) is 0 Å². The average molecular weight is 249 g/mol. The highest BCUT2D eigenvalue weighted by Crippen LogP contribution is 2.31. The molecule has 0 radical (unpaired) electrons. The number of thioether (sulfide) groups is 1. The van der Waals surface area contributed by atoms with Crippen molar-refractivity contribution in [3.63, 3.8) is 0 Å². The molecule has 0 fully saturated rings. The van der Waals surface area contributed by atoms with E-state index in [0.717, 1.165) is 4.88 Å². The number of carbonyl (C=O) groups excluding carboxylic acids is 1. The van der Waals surface area contributed by atoms with Crippen molar-refractivity contribution in [2.75, 3.05) is 0 Å². The Kier molecular flexibility index (Phi) is 4.48. The lowest BCUT2D eigenvalue weighted by molar-refractivity contribution is 0.0995. The van der Waals surface area contributed by atoms with Crippen molar-refractivity contribution in [1.82, 2.24) is 0 Å². The van der Waals surface area contributed by atoms with Gasteiger partial charge >= 0.3 is 0 Å². The van der Waals surface area contributed by atoms with Gasteiger partial charge in [0.1, 0.15) is 0 Å². The molecule has 1 aromatic rings. The Morgan fingerprint density at radius 1 is 1.43 bits per heavy atom. The summed E-state index contributed by atoms with van der Waals surface area (Å²) in [6, 6.07) is 3.85. The van der Waals surface area contributed by atoms with Gasteiger partial charge in [0, 0.05) is 5.25 Å². The van der Waals surface area contributed by atoms with Crippen LogP contribution in [0.3, 0.4) is 0 Å². The highest BCUT2D eigenvalue weighted by atomic mass is 35.5. The summed E-state index contributed by atoms with van der Waals surface area (Å²) in [5, 5.41) is 0.121. The standard InChI is InChI=1S/C10H13ClOS2/c1-6(2)13-9-5-4-8(14-9)10(12)7(3)11/h4-7H,1-3H3. The monoisotopic (exact) mass is 248 g/mol. The maximum Gasteiger partial charge on any atom is 0.190 e. The minimum absolute atomic E-state index is 0.0206. The van der Waals surface area contributed by atoms with Crippen molar-refractivity contribution < 1.29 is 4.79 Å². The number of alkyl halides is 1. The zero-order valence-corrected chi connectivity index (χ0v) is 10.8. The predicted octanol–water partition coefficient (Wildman–Crippen LogP) is 4.06. The fourth-order valence-electron chi connectivity index (χ4n) is 0.944. The summed E-state index contributed by atoms with van der Waals surface area (Å²) in [5.74, 6) is 0.0206. The third-order valence-electron chi connectivity index (χ3n) is 1.54. The van der Waals surface area contributed by atoms with Crippen LogP contribution in [-0.4, -0.2) is 16.4 Å². The lowest BCUT2D eigenvalue weighted by atomic mass is 10.2. The van der Waals surface area contributed by atoms with Crippen LogP contribution < -0.4 is 0 Å². The Bertz CT molecular complexity index is 318. The smallest absolute Gasteiger partial charge is 0.190 e. The van der Waals surface area contributed by atoms with Crippen LogP contribution in [0.2, 0.25) is 0 Å². The van der Waals surface area contributed by atoms with Crippen LogP contribution >= 0.6 is 34.7 Å². The quantitative estimate of drug-likeness (QED) is 0.454. The number of Topliss-reactive ketones (excluding diaryl/α,β-unsaturated/α-hetero) is 1. The van der Waals surface area contributed by atoms with Gasteiger partial charge in [0.15, 0.2) is 5.78 Å². The molecule has 1 unspecified atom stereocenters. The Hall–Kier alpha value is 0.01000. The van der Waals surface area contributed by atoms with E-state index in [0.29, 0.717) is 5.25 Å². The van der Waals surface area contributed by atoms with Gasteiger partial charge in [0.2, 0.25) is 0 Å². The molecular weight excluding hydrogens is 236 g/mol. The van der Waals surface area contributed by atoms with Crippen LogP contribution in [-0.2, 0) is 0 Å². The largest absolute Gasteiger partial charge is 0.292 e. The lowest BCUT2D eigenvalue weighted by Crippen LogP contribution is -2.07. The SMILES string of the molecule is CC(C)Sc1ccc(C(=O)C(C)Cl)s1. The summed E-state index contributed by atoms with van der Waals surface area (Å²) in [6.07, 6.45) is 0. The van der Waals surface area contributed by atoms with E-state index in [2.05, 4.69) is 13.8 Å². The van der Waals surface area contributed by atoms with E-state index in [4.69, 9.17) is 11.6 Å². The minimum Gasteiger partial charge on any atom is -0.292 e. The van der Waals surface area contributed by atoms with E-state index in [-0.39, 0.29) is 5.78 Å². The molecule has 0 amide bonds. The molecule has 1 nitrogen and oxygen atoms in total. The first-order valence-corrected chi connectivity index (χ1v) is 6.58. The highest BCUT2D eigenvalue weighted by molar-refractivity contribution is 8.01. The van der Waals surface area contributed by atoms with Crippen LogP contribution in [0, 0.1) is 0 Å². The maximum absolute atomic E-state index is 11.5. The van der Waals surface area contributed by atoms with Gasteiger partial charge in [0.25, 0.3) is 0 Å². The molecule has 14 heavy (non-hydrogen) atoms. The van der Waals surface area contributed by atoms with E-state index in [1.807, 2.05) is 12.1 Å². The number of halogens is 1. The Morgan fingerprint density at radius 2 is 2.07 bits per heavy atom. The summed E-state index contributed by atoms with van der Waals surface area (Å²) < 4.78 is 1.18. The Balaban J connectivity index is 2.73. The van der Waals surface area contributed by atoms with Crippen LogP contribution in [0.5, 0.6) is 0 Å². The van der Waals surface area contributed by atoms with Gasteiger partial charge in [0.05, 0.1) is 14.5 Å². The first-order valence-electron chi connectivity index (χ1n) is 4.45. The van der Waals surface area contributed by atoms with Crippen LogP contribution in [0.15, 0.2) is 16.3 Å².